The third-order valence-corrected chi connectivity index (χ3v) is 10.2. The maximum absolute atomic E-state index is 14.0. The molecule has 214 valence electrons. The molecule has 10 heteroatoms. The Bertz CT molecular complexity index is 1510. The molecule has 2 saturated carbocycles. The van der Waals surface area contributed by atoms with E-state index in [0.717, 1.165) is 35.5 Å². The standard InChI is InChI=1S/C31H31F2N3O4S/c32-31(33)13-11-30(12-14-31,28(38)36-29(19-34)9-10-29)35-27(37)26-18-24-6-5-23(17-25(24)40-26)21-3-1-20(2-4-21)22-7-15-41(39)16-8-22/h1-6,17-18,22H,7-16H2,(H,35,37)(H,36,38). The summed E-state index contributed by atoms with van der Waals surface area (Å²) in [6.07, 6.45) is 1.29. The van der Waals surface area contributed by atoms with Crippen LogP contribution in [0.25, 0.3) is 22.1 Å². The Labute approximate surface area is 239 Å². The molecule has 0 bridgehead atoms. The molecule has 0 atom stereocenters. The van der Waals surface area contributed by atoms with Crippen molar-refractivity contribution >= 4 is 34.0 Å². The topological polar surface area (TPSA) is 118 Å². The number of nitrogens with zero attached hydrogens (tertiary/aromatic N) is 1. The fourth-order valence-corrected chi connectivity index (χ4v) is 7.15. The van der Waals surface area contributed by atoms with Crippen LogP contribution in [0.4, 0.5) is 8.78 Å². The Hall–Kier alpha value is -3.42. The predicted molar refractivity (Wildman–Crippen MR) is 151 cm³/mol. The van der Waals surface area contributed by atoms with Crippen molar-refractivity contribution in [2.45, 2.75) is 74.3 Å². The van der Waals surface area contributed by atoms with Crippen LogP contribution < -0.4 is 10.6 Å². The van der Waals surface area contributed by atoms with Gasteiger partial charge in [-0.1, -0.05) is 47.6 Å². The van der Waals surface area contributed by atoms with E-state index in [9.17, 15) is 28.2 Å². The first-order chi connectivity index (χ1) is 19.6. The molecule has 1 saturated heterocycles. The number of halogens is 2. The molecule has 7 nitrogen and oxygen atoms in total. The van der Waals surface area contributed by atoms with Crippen molar-refractivity contribution in [1.29, 1.82) is 5.26 Å². The van der Waals surface area contributed by atoms with Gasteiger partial charge in [-0.05, 0) is 73.3 Å². The molecule has 1 aliphatic heterocycles. The normalized spacial score (nSPS) is 24.2. The minimum absolute atomic E-state index is 0.0203. The lowest BCUT2D eigenvalue weighted by Crippen LogP contribution is -2.62. The monoisotopic (exact) mass is 579 g/mol. The quantitative estimate of drug-likeness (QED) is 0.370. The highest BCUT2D eigenvalue weighted by Crippen LogP contribution is 2.41. The van der Waals surface area contributed by atoms with Crippen LogP contribution in [0.5, 0.6) is 0 Å². The van der Waals surface area contributed by atoms with Gasteiger partial charge in [0.2, 0.25) is 11.8 Å². The lowest BCUT2D eigenvalue weighted by molar-refractivity contribution is -0.133. The van der Waals surface area contributed by atoms with E-state index in [1.54, 1.807) is 6.07 Å². The number of carbonyl (C=O) groups is 2. The largest absolute Gasteiger partial charge is 0.616 e. The average molecular weight is 580 g/mol. The number of hydrogen-bond donors (Lipinski definition) is 2. The minimum Gasteiger partial charge on any atom is -0.616 e. The second-order valence-corrected chi connectivity index (χ2v) is 13.3. The summed E-state index contributed by atoms with van der Waals surface area (Å²) in [5.74, 6) is -2.29. The van der Waals surface area contributed by atoms with E-state index in [1.165, 1.54) is 5.56 Å². The molecule has 3 aliphatic rings. The van der Waals surface area contributed by atoms with Gasteiger partial charge < -0.3 is 19.6 Å². The molecule has 0 radical (unpaired) electrons. The number of nitriles is 1. The first-order valence-electron chi connectivity index (χ1n) is 14.0. The summed E-state index contributed by atoms with van der Waals surface area (Å²) in [5.41, 5.74) is 1.09. The van der Waals surface area contributed by atoms with Crippen LogP contribution in [0.15, 0.2) is 52.9 Å². The Morgan fingerprint density at radius 3 is 2.22 bits per heavy atom. The van der Waals surface area contributed by atoms with E-state index in [1.807, 2.05) is 30.3 Å². The number of benzene rings is 2. The van der Waals surface area contributed by atoms with Gasteiger partial charge >= 0.3 is 0 Å². The van der Waals surface area contributed by atoms with Gasteiger partial charge in [0.1, 0.15) is 28.2 Å². The van der Waals surface area contributed by atoms with Gasteiger partial charge in [0, 0.05) is 18.2 Å². The summed E-state index contributed by atoms with van der Waals surface area (Å²) < 4.78 is 45.6. The van der Waals surface area contributed by atoms with Crippen LogP contribution in [0.3, 0.4) is 0 Å². The molecule has 2 aromatic carbocycles. The number of fused-ring (bicyclic) bond motifs is 1. The van der Waals surface area contributed by atoms with Crippen LogP contribution in [0.1, 0.15) is 73.4 Å². The number of rotatable bonds is 6. The van der Waals surface area contributed by atoms with Crippen LogP contribution in [-0.2, 0) is 16.0 Å². The fourth-order valence-electron chi connectivity index (χ4n) is 5.85. The van der Waals surface area contributed by atoms with Crippen molar-refractivity contribution in [2.24, 2.45) is 0 Å². The molecule has 6 rings (SSSR count). The summed E-state index contributed by atoms with van der Waals surface area (Å²) in [6, 6.07) is 17.6. The highest BCUT2D eigenvalue weighted by molar-refractivity contribution is 7.91. The van der Waals surface area contributed by atoms with Crippen molar-refractivity contribution in [3.8, 4) is 17.2 Å². The van der Waals surface area contributed by atoms with Crippen LogP contribution in [0.2, 0.25) is 0 Å². The third kappa shape index (κ3) is 5.70. The molecule has 0 spiro atoms. The first-order valence-corrected chi connectivity index (χ1v) is 15.5. The molecule has 3 fully saturated rings. The first kappa shape index (κ1) is 27.7. The molecule has 2 N–H and O–H groups in total. The number of carbonyl (C=O) groups excluding carboxylic acids is 2. The van der Waals surface area contributed by atoms with Gasteiger partial charge in [-0.3, -0.25) is 9.59 Å². The van der Waals surface area contributed by atoms with Gasteiger partial charge in [-0.2, -0.15) is 5.26 Å². The van der Waals surface area contributed by atoms with E-state index < -0.39 is 52.8 Å². The lowest BCUT2D eigenvalue weighted by atomic mass is 9.78. The van der Waals surface area contributed by atoms with Gasteiger partial charge in [-0.15, -0.1) is 0 Å². The van der Waals surface area contributed by atoms with Crippen LogP contribution in [0, 0.1) is 11.3 Å². The Balaban J connectivity index is 1.20. The molecule has 2 aliphatic carbocycles. The van der Waals surface area contributed by atoms with Gasteiger partial charge in [0.05, 0.1) is 6.07 Å². The Morgan fingerprint density at radius 1 is 0.927 bits per heavy atom. The molecular formula is C31H31F2N3O4S. The number of alkyl halides is 2. The molecule has 2 heterocycles. The molecular weight excluding hydrogens is 548 g/mol. The van der Waals surface area contributed by atoms with Crippen LogP contribution >= 0.6 is 0 Å². The molecule has 41 heavy (non-hydrogen) atoms. The number of hydrogen-bond acceptors (Lipinski definition) is 5. The maximum Gasteiger partial charge on any atom is 0.287 e. The molecule has 1 aromatic heterocycles. The zero-order valence-electron chi connectivity index (χ0n) is 22.5. The Kier molecular flexibility index (Phi) is 7.07. The minimum atomic E-state index is -2.91. The summed E-state index contributed by atoms with van der Waals surface area (Å²) in [6.45, 7) is 0. The van der Waals surface area contributed by atoms with Crippen molar-refractivity contribution in [3.05, 3.63) is 59.9 Å². The fraction of sp³-hybridized carbons (Fsp3) is 0.452. The van der Waals surface area contributed by atoms with Crippen molar-refractivity contribution in [1.82, 2.24) is 10.6 Å². The van der Waals surface area contributed by atoms with Crippen molar-refractivity contribution < 1.29 is 27.3 Å². The summed E-state index contributed by atoms with van der Waals surface area (Å²) in [4.78, 5) is 26.6. The van der Waals surface area contributed by atoms with E-state index >= 15 is 0 Å². The Morgan fingerprint density at radius 2 is 1.59 bits per heavy atom. The number of furan rings is 1. The molecule has 3 aromatic rings. The molecule has 0 unspecified atom stereocenters. The van der Waals surface area contributed by atoms with E-state index in [0.29, 0.717) is 29.7 Å². The summed E-state index contributed by atoms with van der Waals surface area (Å²) >= 11 is -0.697. The highest BCUT2D eigenvalue weighted by atomic mass is 32.2. The highest BCUT2D eigenvalue weighted by Gasteiger charge is 2.53. The second-order valence-electron chi connectivity index (χ2n) is 11.6. The van der Waals surface area contributed by atoms with Crippen molar-refractivity contribution in [3.63, 3.8) is 0 Å². The van der Waals surface area contributed by atoms with Crippen LogP contribution in [-0.4, -0.2) is 44.9 Å². The smallest absolute Gasteiger partial charge is 0.287 e. The van der Waals surface area contributed by atoms with E-state index in [-0.39, 0.29) is 18.6 Å². The zero-order chi connectivity index (χ0) is 28.8. The van der Waals surface area contributed by atoms with E-state index in [4.69, 9.17) is 4.42 Å². The average Bonchev–Trinajstić information content (AvgIpc) is 3.61. The number of amides is 2. The zero-order valence-corrected chi connectivity index (χ0v) is 23.3. The maximum atomic E-state index is 14.0. The lowest BCUT2D eigenvalue weighted by Gasteiger charge is -2.39. The van der Waals surface area contributed by atoms with Gasteiger partial charge in [0.25, 0.3) is 5.91 Å². The molecule has 2 amide bonds. The van der Waals surface area contributed by atoms with E-state index in [2.05, 4.69) is 28.8 Å². The van der Waals surface area contributed by atoms with Gasteiger partial charge in [-0.25, -0.2) is 8.78 Å². The predicted octanol–water partition coefficient (Wildman–Crippen LogP) is 5.58. The third-order valence-electron chi connectivity index (χ3n) is 8.79. The van der Waals surface area contributed by atoms with Crippen molar-refractivity contribution in [2.75, 3.05) is 11.5 Å². The summed E-state index contributed by atoms with van der Waals surface area (Å²) in [5, 5.41) is 15.5. The summed E-state index contributed by atoms with van der Waals surface area (Å²) in [7, 11) is 0. The van der Waals surface area contributed by atoms with Gasteiger partial charge in [0.15, 0.2) is 5.76 Å². The SMILES string of the molecule is N#CC1(NC(=O)C2(NC(=O)c3cc4ccc(-c5ccc(C6CC[S+]([O-])CC6)cc5)cc4o3)CCC(F)(F)CC2)CC1. The number of nitrogens with one attached hydrogen (secondary N) is 2. The second kappa shape index (κ2) is 10.4.